The molecule has 116 valence electrons. The van der Waals surface area contributed by atoms with Gasteiger partial charge in [-0.15, -0.1) is 10.2 Å². The van der Waals surface area contributed by atoms with Gasteiger partial charge < -0.3 is 15.4 Å². The van der Waals surface area contributed by atoms with Gasteiger partial charge in [0.2, 0.25) is 5.13 Å². The number of ether oxygens (including phenoxy) is 1. The van der Waals surface area contributed by atoms with E-state index in [0.717, 1.165) is 28.5 Å². The molecule has 0 aliphatic heterocycles. The largest absolute Gasteiger partial charge is 0.445 e. The third-order valence-electron chi connectivity index (χ3n) is 3.53. The van der Waals surface area contributed by atoms with Gasteiger partial charge in [0, 0.05) is 12.1 Å². The smallest absolute Gasteiger partial charge is 0.407 e. The fourth-order valence-electron chi connectivity index (χ4n) is 2.31. The number of benzene rings is 1. The highest BCUT2D eigenvalue weighted by atomic mass is 32.1. The van der Waals surface area contributed by atoms with E-state index in [-0.39, 0.29) is 12.1 Å². The molecule has 6 nitrogen and oxygen atoms in total. The number of carbonyl (C=O) groups excluding carboxylic acids is 1. The fraction of sp³-hybridized carbons (Fsp3) is 0.400. The minimum Gasteiger partial charge on any atom is -0.445 e. The molecule has 1 aromatic heterocycles. The van der Waals surface area contributed by atoms with E-state index in [2.05, 4.69) is 20.8 Å². The summed E-state index contributed by atoms with van der Waals surface area (Å²) >= 11 is 1.54. The number of anilines is 1. The van der Waals surface area contributed by atoms with Crippen LogP contribution in [0.15, 0.2) is 30.3 Å². The number of hydrogen-bond donors (Lipinski definition) is 2. The number of hydrogen-bond acceptors (Lipinski definition) is 6. The van der Waals surface area contributed by atoms with Crippen LogP contribution in [0, 0.1) is 6.92 Å². The van der Waals surface area contributed by atoms with Crippen molar-refractivity contribution in [2.75, 3.05) is 5.32 Å². The van der Waals surface area contributed by atoms with Crippen LogP contribution in [0.25, 0.3) is 0 Å². The van der Waals surface area contributed by atoms with Gasteiger partial charge in [-0.05, 0) is 25.3 Å². The molecular formula is C15H18N4O2S. The molecule has 1 heterocycles. The van der Waals surface area contributed by atoms with Crippen molar-refractivity contribution in [2.24, 2.45) is 0 Å². The Morgan fingerprint density at radius 1 is 1.27 bits per heavy atom. The summed E-state index contributed by atoms with van der Waals surface area (Å²) in [5.41, 5.74) is 0.984. The molecule has 22 heavy (non-hydrogen) atoms. The highest BCUT2D eigenvalue weighted by Crippen LogP contribution is 2.25. The number of nitrogens with zero attached hydrogens (tertiary/aromatic N) is 2. The minimum atomic E-state index is -0.362. The van der Waals surface area contributed by atoms with Gasteiger partial charge in [-0.25, -0.2) is 4.79 Å². The predicted molar refractivity (Wildman–Crippen MR) is 84.8 cm³/mol. The van der Waals surface area contributed by atoms with Crippen LogP contribution >= 0.6 is 11.3 Å². The lowest BCUT2D eigenvalue weighted by Crippen LogP contribution is -2.49. The van der Waals surface area contributed by atoms with Crippen LogP contribution in [-0.4, -0.2) is 28.4 Å². The molecule has 0 radical (unpaired) electrons. The minimum absolute atomic E-state index is 0.162. The Labute approximate surface area is 132 Å². The third-order valence-corrected chi connectivity index (χ3v) is 4.30. The maximum Gasteiger partial charge on any atom is 0.407 e. The SMILES string of the molecule is Cc1nnc(NC2CC(NC(=O)OCc3ccccc3)C2)s1. The number of amides is 1. The van der Waals surface area contributed by atoms with Crippen LogP contribution in [0.4, 0.5) is 9.93 Å². The lowest BCUT2D eigenvalue weighted by Gasteiger charge is -2.35. The third kappa shape index (κ3) is 3.94. The van der Waals surface area contributed by atoms with Crippen molar-refractivity contribution in [3.8, 4) is 0 Å². The molecule has 1 aliphatic rings. The zero-order valence-electron chi connectivity index (χ0n) is 12.3. The Morgan fingerprint density at radius 2 is 2.05 bits per heavy atom. The summed E-state index contributed by atoms with van der Waals surface area (Å²) < 4.78 is 5.20. The van der Waals surface area contributed by atoms with Crippen LogP contribution in [0.3, 0.4) is 0 Å². The lowest BCUT2D eigenvalue weighted by atomic mass is 9.87. The molecule has 1 fully saturated rings. The number of aromatic nitrogens is 2. The van der Waals surface area contributed by atoms with Gasteiger partial charge in [0.05, 0.1) is 0 Å². The molecular weight excluding hydrogens is 300 g/mol. The number of carbonyl (C=O) groups is 1. The molecule has 2 aromatic rings. The number of aryl methyl sites for hydroxylation is 1. The Balaban J connectivity index is 1.34. The quantitative estimate of drug-likeness (QED) is 0.886. The fourth-order valence-corrected chi connectivity index (χ4v) is 2.98. The van der Waals surface area contributed by atoms with E-state index in [1.807, 2.05) is 37.3 Å². The highest BCUT2D eigenvalue weighted by molar-refractivity contribution is 7.15. The molecule has 1 amide bonds. The van der Waals surface area contributed by atoms with Crippen molar-refractivity contribution < 1.29 is 9.53 Å². The molecule has 0 atom stereocenters. The maximum atomic E-state index is 11.7. The summed E-state index contributed by atoms with van der Waals surface area (Å²) in [6.45, 7) is 2.22. The van der Waals surface area contributed by atoms with Gasteiger partial charge in [0.25, 0.3) is 0 Å². The molecule has 3 rings (SSSR count). The second-order valence-corrected chi connectivity index (χ2v) is 6.52. The van der Waals surface area contributed by atoms with Crippen LogP contribution in [-0.2, 0) is 11.3 Å². The lowest BCUT2D eigenvalue weighted by molar-refractivity contribution is 0.129. The van der Waals surface area contributed by atoms with E-state index in [0.29, 0.717) is 12.6 Å². The summed E-state index contributed by atoms with van der Waals surface area (Å²) in [6, 6.07) is 10.1. The average Bonchev–Trinajstić information content (AvgIpc) is 2.89. The Hall–Kier alpha value is -2.15. The normalized spacial score (nSPS) is 20.0. The average molecular weight is 318 g/mol. The Morgan fingerprint density at radius 3 is 2.73 bits per heavy atom. The van der Waals surface area contributed by atoms with Gasteiger partial charge >= 0.3 is 6.09 Å². The van der Waals surface area contributed by atoms with Crippen LogP contribution < -0.4 is 10.6 Å². The van der Waals surface area contributed by atoms with Gasteiger partial charge in [-0.2, -0.15) is 0 Å². The monoisotopic (exact) mass is 318 g/mol. The van der Waals surface area contributed by atoms with E-state index in [4.69, 9.17) is 4.74 Å². The van der Waals surface area contributed by atoms with Crippen molar-refractivity contribution in [2.45, 2.75) is 38.5 Å². The van der Waals surface area contributed by atoms with E-state index in [9.17, 15) is 4.79 Å². The van der Waals surface area contributed by atoms with Gasteiger partial charge in [0.15, 0.2) is 0 Å². The van der Waals surface area contributed by atoms with E-state index < -0.39 is 0 Å². The first kappa shape index (κ1) is 14.8. The summed E-state index contributed by atoms with van der Waals surface area (Å²) in [6.07, 6.45) is 1.39. The topological polar surface area (TPSA) is 76.1 Å². The number of nitrogens with one attached hydrogen (secondary N) is 2. The van der Waals surface area contributed by atoms with Crippen LogP contribution in [0.2, 0.25) is 0 Å². The van der Waals surface area contributed by atoms with Crippen molar-refractivity contribution in [1.82, 2.24) is 15.5 Å². The van der Waals surface area contributed by atoms with Gasteiger partial charge in [0.1, 0.15) is 11.6 Å². The second kappa shape index (κ2) is 6.74. The Bertz CT molecular complexity index is 625. The molecule has 7 heteroatoms. The molecule has 0 bridgehead atoms. The van der Waals surface area contributed by atoms with E-state index >= 15 is 0 Å². The maximum absolute atomic E-state index is 11.7. The van der Waals surface area contributed by atoms with Crippen molar-refractivity contribution in [3.63, 3.8) is 0 Å². The van der Waals surface area contributed by atoms with Crippen molar-refractivity contribution in [1.29, 1.82) is 0 Å². The van der Waals surface area contributed by atoms with E-state index in [1.165, 1.54) is 0 Å². The molecule has 1 aliphatic carbocycles. The highest BCUT2D eigenvalue weighted by Gasteiger charge is 2.31. The van der Waals surface area contributed by atoms with Gasteiger partial charge in [-0.3, -0.25) is 0 Å². The first-order valence-electron chi connectivity index (χ1n) is 7.23. The molecule has 1 saturated carbocycles. The standard InChI is InChI=1S/C15H18N4O2S/c1-10-18-19-14(22-10)16-12-7-13(8-12)17-15(20)21-9-11-5-3-2-4-6-11/h2-6,12-13H,7-9H2,1H3,(H,16,19)(H,17,20). The first-order valence-corrected chi connectivity index (χ1v) is 8.04. The molecule has 1 aromatic carbocycles. The van der Waals surface area contributed by atoms with Crippen molar-refractivity contribution >= 4 is 22.6 Å². The second-order valence-electron chi connectivity index (χ2n) is 5.34. The van der Waals surface area contributed by atoms with E-state index in [1.54, 1.807) is 11.3 Å². The Kier molecular flexibility index (Phi) is 4.53. The predicted octanol–water partition coefficient (Wildman–Crippen LogP) is 2.72. The molecule has 0 saturated heterocycles. The van der Waals surface area contributed by atoms with Crippen molar-refractivity contribution in [3.05, 3.63) is 40.9 Å². The van der Waals surface area contributed by atoms with Gasteiger partial charge in [-0.1, -0.05) is 41.7 Å². The summed E-state index contributed by atoms with van der Waals surface area (Å²) in [4.78, 5) is 11.7. The number of alkyl carbamates (subject to hydrolysis) is 1. The summed E-state index contributed by atoms with van der Waals surface area (Å²) in [5.74, 6) is 0. The zero-order chi connectivity index (χ0) is 15.4. The summed E-state index contributed by atoms with van der Waals surface area (Å²) in [5, 5.41) is 16.0. The number of rotatable bonds is 5. The summed E-state index contributed by atoms with van der Waals surface area (Å²) in [7, 11) is 0. The van der Waals surface area contributed by atoms with Crippen LogP contribution in [0.1, 0.15) is 23.4 Å². The zero-order valence-corrected chi connectivity index (χ0v) is 13.1. The molecule has 0 spiro atoms. The molecule has 2 N–H and O–H groups in total. The molecule has 0 unspecified atom stereocenters. The van der Waals surface area contributed by atoms with Crippen LogP contribution in [0.5, 0.6) is 0 Å². The first-order chi connectivity index (χ1) is 10.7.